The molecule has 1 aliphatic heterocycles. The zero-order chi connectivity index (χ0) is 12.1. The maximum Gasteiger partial charge on any atom is 0.142 e. The number of benzene rings is 1. The van der Waals surface area contributed by atoms with Gasteiger partial charge in [-0.1, -0.05) is 12.1 Å². The third-order valence-electron chi connectivity index (χ3n) is 3.03. The maximum atomic E-state index is 5.78. The summed E-state index contributed by atoms with van der Waals surface area (Å²) in [5, 5.41) is 3.41. The molecule has 1 aliphatic rings. The van der Waals surface area contributed by atoms with E-state index in [0.717, 1.165) is 24.4 Å². The Balaban J connectivity index is 1.89. The summed E-state index contributed by atoms with van der Waals surface area (Å²) in [6, 6.07) is 8.04. The fourth-order valence-electron chi connectivity index (χ4n) is 2.15. The number of nitrogens with one attached hydrogen (secondary N) is 1. The molecule has 0 amide bonds. The van der Waals surface area contributed by atoms with Crippen molar-refractivity contribution in [2.75, 3.05) is 18.5 Å². The van der Waals surface area contributed by atoms with Crippen LogP contribution in [0.1, 0.15) is 26.7 Å². The number of hydrogen-bond acceptors (Lipinski definition) is 3. The van der Waals surface area contributed by atoms with Gasteiger partial charge in [0, 0.05) is 6.54 Å². The van der Waals surface area contributed by atoms with E-state index in [1.807, 2.05) is 31.2 Å². The lowest BCUT2D eigenvalue weighted by molar-refractivity contribution is 0.0636. The summed E-state index contributed by atoms with van der Waals surface area (Å²) in [5.74, 6) is 0.918. The van der Waals surface area contributed by atoms with Crippen molar-refractivity contribution in [3.63, 3.8) is 0 Å². The molecule has 1 fully saturated rings. The highest BCUT2D eigenvalue weighted by Crippen LogP contribution is 2.25. The smallest absolute Gasteiger partial charge is 0.142 e. The first-order valence-corrected chi connectivity index (χ1v) is 6.40. The van der Waals surface area contributed by atoms with Gasteiger partial charge in [-0.25, -0.2) is 0 Å². The van der Waals surface area contributed by atoms with Crippen molar-refractivity contribution in [2.24, 2.45) is 0 Å². The summed E-state index contributed by atoms with van der Waals surface area (Å²) < 4.78 is 11.3. The first kappa shape index (κ1) is 12.2. The van der Waals surface area contributed by atoms with Crippen molar-refractivity contribution in [1.82, 2.24) is 0 Å². The molecular weight excluding hydrogens is 214 g/mol. The summed E-state index contributed by atoms with van der Waals surface area (Å²) in [5.41, 5.74) is 1.05. The standard InChI is InChI=1S/C14H21NO2/c1-3-16-14-7-5-4-6-13(14)15-10-12-9-8-11(2)17-12/h4-7,11-12,15H,3,8-10H2,1-2H3. The molecule has 3 nitrogen and oxygen atoms in total. The Hall–Kier alpha value is -1.22. The van der Waals surface area contributed by atoms with Crippen LogP contribution in [0, 0.1) is 0 Å². The van der Waals surface area contributed by atoms with Gasteiger partial charge in [-0.2, -0.15) is 0 Å². The van der Waals surface area contributed by atoms with E-state index in [4.69, 9.17) is 9.47 Å². The molecule has 1 aromatic rings. The molecule has 0 spiro atoms. The minimum absolute atomic E-state index is 0.333. The second-order valence-electron chi connectivity index (χ2n) is 4.46. The molecular formula is C14H21NO2. The summed E-state index contributed by atoms with van der Waals surface area (Å²) in [4.78, 5) is 0. The number of rotatable bonds is 5. The van der Waals surface area contributed by atoms with Gasteiger partial charge in [0.15, 0.2) is 0 Å². The van der Waals surface area contributed by atoms with Crippen LogP contribution in [0.5, 0.6) is 5.75 Å². The highest BCUT2D eigenvalue weighted by molar-refractivity contribution is 5.56. The molecule has 0 aromatic heterocycles. The summed E-state index contributed by atoms with van der Waals surface area (Å²) in [7, 11) is 0. The lowest BCUT2D eigenvalue weighted by atomic mass is 10.2. The Morgan fingerprint density at radius 3 is 2.88 bits per heavy atom. The van der Waals surface area contributed by atoms with E-state index < -0.39 is 0 Å². The van der Waals surface area contributed by atoms with Crippen molar-refractivity contribution >= 4 is 5.69 Å². The van der Waals surface area contributed by atoms with Gasteiger partial charge in [0.25, 0.3) is 0 Å². The monoisotopic (exact) mass is 235 g/mol. The zero-order valence-electron chi connectivity index (χ0n) is 10.6. The maximum absolute atomic E-state index is 5.78. The van der Waals surface area contributed by atoms with Crippen LogP contribution in [0.25, 0.3) is 0 Å². The van der Waals surface area contributed by atoms with E-state index in [0.29, 0.717) is 18.8 Å². The van der Waals surface area contributed by atoms with E-state index in [1.165, 1.54) is 6.42 Å². The molecule has 94 valence electrons. The van der Waals surface area contributed by atoms with E-state index in [-0.39, 0.29) is 0 Å². The molecule has 2 atom stereocenters. The molecule has 17 heavy (non-hydrogen) atoms. The topological polar surface area (TPSA) is 30.5 Å². The van der Waals surface area contributed by atoms with Gasteiger partial charge in [0.2, 0.25) is 0 Å². The van der Waals surface area contributed by atoms with Gasteiger partial charge >= 0.3 is 0 Å². The lowest BCUT2D eigenvalue weighted by Crippen LogP contribution is -2.20. The van der Waals surface area contributed by atoms with Gasteiger partial charge in [-0.15, -0.1) is 0 Å². The van der Waals surface area contributed by atoms with Crippen LogP contribution in [-0.2, 0) is 4.74 Å². The predicted octanol–water partition coefficient (Wildman–Crippen LogP) is 3.06. The van der Waals surface area contributed by atoms with Gasteiger partial charge in [0.1, 0.15) is 5.75 Å². The number of para-hydroxylation sites is 2. The Bertz CT molecular complexity index is 354. The largest absolute Gasteiger partial charge is 0.492 e. The summed E-state index contributed by atoms with van der Waals surface area (Å²) in [6.07, 6.45) is 3.05. The number of anilines is 1. The lowest BCUT2D eigenvalue weighted by Gasteiger charge is -2.15. The number of hydrogen-bond donors (Lipinski definition) is 1. The fourth-order valence-corrected chi connectivity index (χ4v) is 2.15. The van der Waals surface area contributed by atoms with Gasteiger partial charge in [-0.05, 0) is 38.8 Å². The van der Waals surface area contributed by atoms with Crippen LogP contribution >= 0.6 is 0 Å². The SMILES string of the molecule is CCOc1ccccc1NCC1CCC(C)O1. The summed E-state index contributed by atoms with van der Waals surface area (Å²) >= 11 is 0. The molecule has 0 bridgehead atoms. The molecule has 3 heteroatoms. The molecule has 1 heterocycles. The van der Waals surface area contributed by atoms with E-state index >= 15 is 0 Å². The van der Waals surface area contributed by atoms with Crippen LogP contribution in [0.3, 0.4) is 0 Å². The fraction of sp³-hybridized carbons (Fsp3) is 0.571. The van der Waals surface area contributed by atoms with Crippen LogP contribution in [0.15, 0.2) is 24.3 Å². The van der Waals surface area contributed by atoms with E-state index in [9.17, 15) is 0 Å². The van der Waals surface area contributed by atoms with Gasteiger partial charge in [-0.3, -0.25) is 0 Å². The molecule has 0 aliphatic carbocycles. The molecule has 0 saturated carbocycles. The molecule has 0 radical (unpaired) electrons. The predicted molar refractivity (Wildman–Crippen MR) is 69.7 cm³/mol. The van der Waals surface area contributed by atoms with Gasteiger partial charge < -0.3 is 14.8 Å². The normalized spacial score (nSPS) is 23.6. The average molecular weight is 235 g/mol. The second kappa shape index (κ2) is 5.92. The van der Waals surface area contributed by atoms with Crippen molar-refractivity contribution in [3.05, 3.63) is 24.3 Å². The summed E-state index contributed by atoms with van der Waals surface area (Å²) in [6.45, 7) is 5.68. The Labute approximate surface area is 103 Å². The third-order valence-corrected chi connectivity index (χ3v) is 3.03. The first-order chi connectivity index (χ1) is 8.29. The Kier molecular flexibility index (Phi) is 4.26. The van der Waals surface area contributed by atoms with Crippen molar-refractivity contribution in [2.45, 2.75) is 38.9 Å². The average Bonchev–Trinajstić information content (AvgIpc) is 2.74. The first-order valence-electron chi connectivity index (χ1n) is 6.40. The molecule has 1 aromatic carbocycles. The highest BCUT2D eigenvalue weighted by Gasteiger charge is 2.21. The zero-order valence-corrected chi connectivity index (χ0v) is 10.6. The molecule has 1 saturated heterocycles. The van der Waals surface area contributed by atoms with Crippen LogP contribution in [0.2, 0.25) is 0 Å². The van der Waals surface area contributed by atoms with Gasteiger partial charge in [0.05, 0.1) is 24.5 Å². The molecule has 2 unspecified atom stereocenters. The highest BCUT2D eigenvalue weighted by atomic mass is 16.5. The molecule has 2 rings (SSSR count). The minimum Gasteiger partial charge on any atom is -0.492 e. The van der Waals surface area contributed by atoms with Crippen LogP contribution in [0.4, 0.5) is 5.69 Å². The van der Waals surface area contributed by atoms with E-state index in [2.05, 4.69) is 12.2 Å². The number of ether oxygens (including phenoxy) is 2. The Morgan fingerprint density at radius 1 is 1.35 bits per heavy atom. The Morgan fingerprint density at radius 2 is 2.18 bits per heavy atom. The molecule has 1 N–H and O–H groups in total. The minimum atomic E-state index is 0.333. The van der Waals surface area contributed by atoms with Crippen LogP contribution < -0.4 is 10.1 Å². The van der Waals surface area contributed by atoms with Crippen molar-refractivity contribution < 1.29 is 9.47 Å². The second-order valence-corrected chi connectivity index (χ2v) is 4.46. The van der Waals surface area contributed by atoms with Crippen LogP contribution in [-0.4, -0.2) is 25.4 Å². The quantitative estimate of drug-likeness (QED) is 0.850. The van der Waals surface area contributed by atoms with E-state index in [1.54, 1.807) is 0 Å². The third kappa shape index (κ3) is 3.37. The van der Waals surface area contributed by atoms with Crippen molar-refractivity contribution in [1.29, 1.82) is 0 Å². The van der Waals surface area contributed by atoms with Crippen molar-refractivity contribution in [3.8, 4) is 5.75 Å².